The number of rotatable bonds is 15. The molecule has 402 valence electrons. The molecule has 10 aromatic rings. The number of fused-ring (bicyclic) bond motifs is 8. The van der Waals surface area contributed by atoms with E-state index < -0.39 is 0 Å². The Balaban J connectivity index is 1.12. The van der Waals surface area contributed by atoms with Crippen LogP contribution in [-0.4, -0.2) is 6.85 Å². The van der Waals surface area contributed by atoms with E-state index in [1.807, 2.05) is 0 Å². The molecule has 3 nitrogen and oxygen atoms in total. The van der Waals surface area contributed by atoms with E-state index in [1.54, 1.807) is 0 Å². The molecule has 0 spiro atoms. The average Bonchev–Trinajstić information content (AvgIpc) is 3.85. The number of aryl methyl sites for hydroxylation is 7. The lowest BCUT2D eigenvalue weighted by atomic mass is 9.43. The van der Waals surface area contributed by atoms with Crippen molar-refractivity contribution in [1.82, 2.24) is 0 Å². The van der Waals surface area contributed by atoms with Gasteiger partial charge in [-0.3, -0.25) is 0 Å². The fourth-order valence-electron chi connectivity index (χ4n) is 14.3. The van der Waals surface area contributed by atoms with Gasteiger partial charge in [-0.2, -0.15) is 0 Å². The second kappa shape index (κ2) is 21.1. The van der Waals surface area contributed by atoms with Crippen LogP contribution < -0.4 is 25.5 Å². The highest BCUT2D eigenvalue weighted by molar-refractivity contribution is 6.93. The van der Waals surface area contributed by atoms with Gasteiger partial charge in [0.05, 0.1) is 0 Å². The van der Waals surface area contributed by atoms with Gasteiger partial charge in [0, 0.05) is 56.5 Å². The predicted octanol–water partition coefficient (Wildman–Crippen LogP) is 20.3. The molecule has 3 aliphatic rings. The lowest BCUT2D eigenvalue weighted by Crippen LogP contribution is -2.61. The maximum atomic E-state index is 2.73. The van der Waals surface area contributed by atoms with E-state index in [9.17, 15) is 0 Å². The Hall–Kier alpha value is -8.08. The molecule has 2 aliphatic heterocycles. The number of hydrogen-bond donors (Lipinski definition) is 0. The van der Waals surface area contributed by atoms with Gasteiger partial charge in [-0.1, -0.05) is 169 Å². The molecule has 0 saturated carbocycles. The minimum Gasteiger partial charge on any atom is -0.376 e. The van der Waals surface area contributed by atoms with E-state index in [0.29, 0.717) is 0 Å². The number of benzene rings is 10. The predicted molar refractivity (Wildman–Crippen MR) is 350 cm³/mol. The first-order valence-corrected chi connectivity index (χ1v) is 30.3. The van der Waals surface area contributed by atoms with Crippen molar-refractivity contribution in [1.29, 1.82) is 0 Å². The van der Waals surface area contributed by atoms with Crippen molar-refractivity contribution in [3.63, 3.8) is 0 Å². The van der Waals surface area contributed by atoms with Crippen LogP contribution in [0.5, 0.6) is 0 Å². The zero-order valence-electron chi connectivity index (χ0n) is 49.2. The van der Waals surface area contributed by atoms with Crippen LogP contribution >= 0.6 is 0 Å². The van der Waals surface area contributed by atoms with Crippen molar-refractivity contribution in [2.45, 2.75) is 126 Å². The summed E-state index contributed by atoms with van der Waals surface area (Å²) in [6.45, 7) is 20.7. The molecule has 1 aliphatic carbocycles. The van der Waals surface area contributed by atoms with E-state index in [2.05, 4.69) is 265 Å². The maximum Gasteiger partial charge on any atom is 0.333 e. The van der Waals surface area contributed by atoms with Crippen molar-refractivity contribution in [2.24, 2.45) is 0 Å². The molecule has 4 heteroatoms. The molecule has 10 aromatic carbocycles. The highest BCUT2D eigenvalue weighted by Gasteiger charge is 2.47. The molecular formula is C77H76BN3. The zero-order valence-corrected chi connectivity index (χ0v) is 49.2. The molecular weight excluding hydrogens is 978 g/mol. The summed E-state index contributed by atoms with van der Waals surface area (Å²) in [5.41, 5.74) is 31.9. The molecule has 0 N–H and O–H groups in total. The van der Waals surface area contributed by atoms with E-state index in [-0.39, 0.29) is 12.3 Å². The van der Waals surface area contributed by atoms with Gasteiger partial charge in [0.15, 0.2) is 0 Å². The van der Waals surface area contributed by atoms with Gasteiger partial charge in [0.1, 0.15) is 0 Å². The van der Waals surface area contributed by atoms with Crippen molar-refractivity contribution in [3.05, 3.63) is 238 Å². The highest BCUT2D eigenvalue weighted by Crippen LogP contribution is 2.54. The summed E-state index contributed by atoms with van der Waals surface area (Å²) >= 11 is 0. The second-order valence-electron chi connectivity index (χ2n) is 24.3. The quantitative estimate of drug-likeness (QED) is 0.0948. The summed E-state index contributed by atoms with van der Waals surface area (Å²) in [6.07, 6.45) is 10.3. The molecule has 0 fully saturated rings. The van der Waals surface area contributed by atoms with Crippen LogP contribution in [0.25, 0.3) is 44.2 Å². The van der Waals surface area contributed by atoms with Crippen molar-refractivity contribution in [3.8, 4) is 33.4 Å². The Morgan fingerprint density at radius 3 is 1.68 bits per heavy atom. The van der Waals surface area contributed by atoms with E-state index >= 15 is 0 Å². The van der Waals surface area contributed by atoms with Crippen LogP contribution in [0.2, 0.25) is 0 Å². The van der Waals surface area contributed by atoms with Crippen molar-refractivity contribution in [2.75, 3.05) is 14.6 Å². The maximum absolute atomic E-state index is 2.73. The van der Waals surface area contributed by atoms with E-state index in [1.165, 1.54) is 172 Å². The molecule has 81 heavy (non-hydrogen) atoms. The largest absolute Gasteiger partial charge is 0.376 e. The van der Waals surface area contributed by atoms with Gasteiger partial charge in [0.2, 0.25) is 0 Å². The first-order valence-electron chi connectivity index (χ1n) is 30.3. The molecule has 0 unspecified atom stereocenters. The Labute approximate surface area is 483 Å². The molecule has 2 heterocycles. The smallest absolute Gasteiger partial charge is 0.333 e. The number of hydrogen-bond acceptors (Lipinski definition) is 3. The average molecular weight is 1050 g/mol. The van der Waals surface area contributed by atoms with Crippen LogP contribution in [0.1, 0.15) is 123 Å². The van der Waals surface area contributed by atoms with Gasteiger partial charge in [-0.15, -0.1) is 0 Å². The second-order valence-corrected chi connectivity index (χ2v) is 24.3. The van der Waals surface area contributed by atoms with E-state index in [4.69, 9.17) is 0 Å². The molecule has 0 atom stereocenters. The zero-order chi connectivity index (χ0) is 55.7. The fraction of sp³-hybridized carbons (Fsp3) is 0.247. The Bertz CT molecular complexity index is 3980. The minimum atomic E-state index is -0.172. The van der Waals surface area contributed by atoms with Gasteiger partial charge in [-0.05, 0) is 239 Å². The molecule has 13 rings (SSSR count). The van der Waals surface area contributed by atoms with Crippen molar-refractivity contribution >= 4 is 74.0 Å². The van der Waals surface area contributed by atoms with Gasteiger partial charge in [0.25, 0.3) is 0 Å². The number of unbranched alkanes of at least 4 members (excludes halogenated alkanes) is 3. The molecule has 0 bridgehead atoms. The SMILES string of the molecule is CCCCc1ccc(N(c2ccc(CCCC)cc2)c2ccc3c(c2)N(c2ccc(CCCC)cc2C)c2cc(-c4c(C)cc(C)cc4C)cc4c2B3N(c2ccc3c(c2)C(C)(C)c2ccccc2-3)c2cc3ccccc3cc2-4)cc1. The third-order valence-corrected chi connectivity index (χ3v) is 18.3. The third kappa shape index (κ3) is 9.07. The molecule has 0 radical (unpaired) electrons. The van der Waals surface area contributed by atoms with Crippen LogP contribution in [0.4, 0.5) is 45.5 Å². The minimum absolute atomic E-state index is 0.170. The molecule has 0 aromatic heterocycles. The summed E-state index contributed by atoms with van der Waals surface area (Å²) in [4.78, 5) is 7.90. The number of anilines is 8. The van der Waals surface area contributed by atoms with Gasteiger partial charge in [-0.25, -0.2) is 0 Å². The van der Waals surface area contributed by atoms with E-state index in [0.717, 1.165) is 36.3 Å². The van der Waals surface area contributed by atoms with Gasteiger partial charge >= 0.3 is 6.85 Å². The van der Waals surface area contributed by atoms with Crippen LogP contribution in [0, 0.1) is 27.7 Å². The first-order chi connectivity index (χ1) is 39.4. The van der Waals surface area contributed by atoms with Crippen molar-refractivity contribution < 1.29 is 0 Å². The molecule has 0 saturated heterocycles. The summed E-state index contributed by atoms with van der Waals surface area (Å²) in [6, 6.07) is 73.8. The molecule has 0 amide bonds. The van der Waals surface area contributed by atoms with Crippen LogP contribution in [0.3, 0.4) is 0 Å². The summed E-state index contributed by atoms with van der Waals surface area (Å²) in [5, 5.41) is 2.49. The van der Waals surface area contributed by atoms with Crippen LogP contribution in [-0.2, 0) is 24.7 Å². The van der Waals surface area contributed by atoms with Gasteiger partial charge < -0.3 is 14.6 Å². The fourth-order valence-corrected chi connectivity index (χ4v) is 14.3. The monoisotopic (exact) mass is 1050 g/mol. The van der Waals surface area contributed by atoms with Crippen LogP contribution in [0.15, 0.2) is 188 Å². The Kier molecular flexibility index (Phi) is 13.6. The normalized spacial score (nSPS) is 13.5. The first kappa shape index (κ1) is 52.3. The number of nitrogens with zero attached hydrogens (tertiary/aromatic N) is 3. The third-order valence-electron chi connectivity index (χ3n) is 18.3. The summed E-state index contributed by atoms with van der Waals surface area (Å²) < 4.78 is 0. The summed E-state index contributed by atoms with van der Waals surface area (Å²) in [7, 11) is 0. The summed E-state index contributed by atoms with van der Waals surface area (Å²) in [5.74, 6) is 0. The lowest BCUT2D eigenvalue weighted by Gasteiger charge is -2.46. The Morgan fingerprint density at radius 2 is 1.02 bits per heavy atom. The lowest BCUT2D eigenvalue weighted by molar-refractivity contribution is 0.660. The topological polar surface area (TPSA) is 9.72 Å². The standard InChI is InChI=1S/C77H76BN3/c1-10-13-20-54-27-32-60(33-28-54)79(61-34-29-55(30-35-61)21-14-11-2)62-37-39-70-73(49-62)80(71-40-31-56(22-15-12-3)43-51(71)5)74-47-59(75-52(6)41-50(4)42-53(75)7)45-67-66-44-57-23-16-17-24-58(57)46-72(66)81(78(70)76(67)74)63-36-38-65-64-25-18-19-26-68(64)77(8,9)69(65)48-63/h16-19,23-49H,10-15,20-22H2,1-9H3. The highest BCUT2D eigenvalue weighted by atomic mass is 15.2. The Morgan fingerprint density at radius 1 is 0.432 bits per heavy atom.